The van der Waals surface area contributed by atoms with Crippen LogP contribution in [0.1, 0.15) is 0 Å². The number of hydrogen-bond donors (Lipinski definition) is 2. The topological polar surface area (TPSA) is 95.1 Å². The van der Waals surface area contributed by atoms with Crippen molar-refractivity contribution in [2.24, 2.45) is 0 Å². The lowest BCUT2D eigenvalue weighted by atomic mass is 10.2. The van der Waals surface area contributed by atoms with E-state index in [0.29, 0.717) is 22.9 Å². The van der Waals surface area contributed by atoms with E-state index in [1.807, 2.05) is 0 Å². The summed E-state index contributed by atoms with van der Waals surface area (Å²) in [6, 6.07) is 13.7. The standard InChI is InChI=1S/C20H22N2O6/c1-25-15-9-5-13(6-10-15)21-17(19(23)27-3)18(20(24)28-4)22-14-7-11-16(26-2)12-8-14/h5-12,21-22H,1-4H3/b18-17+. The summed E-state index contributed by atoms with van der Waals surface area (Å²) in [5.74, 6) is -0.174. The second kappa shape index (κ2) is 9.86. The number of esters is 2. The lowest BCUT2D eigenvalue weighted by Crippen LogP contribution is -2.24. The molecule has 8 nitrogen and oxygen atoms in total. The first kappa shape index (κ1) is 20.6. The first-order chi connectivity index (χ1) is 13.5. The number of hydrogen-bond acceptors (Lipinski definition) is 8. The first-order valence-corrected chi connectivity index (χ1v) is 8.25. The molecule has 0 aliphatic rings. The number of carbonyl (C=O) groups is 2. The zero-order valence-corrected chi connectivity index (χ0v) is 16.1. The zero-order chi connectivity index (χ0) is 20.5. The van der Waals surface area contributed by atoms with E-state index in [9.17, 15) is 9.59 Å². The largest absolute Gasteiger partial charge is 0.497 e. The van der Waals surface area contributed by atoms with Crippen molar-refractivity contribution in [1.82, 2.24) is 0 Å². The van der Waals surface area contributed by atoms with Crippen LogP contribution in [0, 0.1) is 0 Å². The maximum absolute atomic E-state index is 12.4. The monoisotopic (exact) mass is 386 g/mol. The second-order valence-electron chi connectivity index (χ2n) is 5.44. The highest BCUT2D eigenvalue weighted by molar-refractivity contribution is 6.04. The molecule has 28 heavy (non-hydrogen) atoms. The molecule has 0 amide bonds. The number of nitrogens with one attached hydrogen (secondary N) is 2. The highest BCUT2D eigenvalue weighted by Crippen LogP contribution is 2.21. The molecule has 0 fully saturated rings. The van der Waals surface area contributed by atoms with Gasteiger partial charge in [0, 0.05) is 11.4 Å². The van der Waals surface area contributed by atoms with Crippen molar-refractivity contribution in [3.05, 3.63) is 59.9 Å². The summed E-state index contributed by atoms with van der Waals surface area (Å²) >= 11 is 0. The lowest BCUT2D eigenvalue weighted by Gasteiger charge is -2.16. The van der Waals surface area contributed by atoms with E-state index < -0.39 is 11.9 Å². The van der Waals surface area contributed by atoms with Gasteiger partial charge >= 0.3 is 11.9 Å². The Kier molecular flexibility index (Phi) is 7.27. The lowest BCUT2D eigenvalue weighted by molar-refractivity contribution is -0.139. The summed E-state index contributed by atoms with van der Waals surface area (Å²) in [5.41, 5.74) is 0.906. The molecule has 0 bridgehead atoms. The Morgan fingerprint density at radius 3 is 1.18 bits per heavy atom. The molecule has 0 aromatic heterocycles. The van der Waals surface area contributed by atoms with Crippen LogP contribution < -0.4 is 20.1 Å². The summed E-state index contributed by atoms with van der Waals surface area (Å²) in [4.78, 5) is 24.7. The summed E-state index contributed by atoms with van der Waals surface area (Å²) in [5, 5.41) is 5.80. The zero-order valence-electron chi connectivity index (χ0n) is 16.1. The molecule has 8 heteroatoms. The van der Waals surface area contributed by atoms with Crippen molar-refractivity contribution in [2.45, 2.75) is 0 Å². The number of benzene rings is 2. The third-order valence-electron chi connectivity index (χ3n) is 3.75. The van der Waals surface area contributed by atoms with Crippen molar-refractivity contribution in [3.8, 4) is 11.5 Å². The Labute approximate surface area is 163 Å². The third-order valence-corrected chi connectivity index (χ3v) is 3.75. The van der Waals surface area contributed by atoms with Gasteiger partial charge < -0.3 is 29.6 Å². The van der Waals surface area contributed by atoms with Crippen molar-refractivity contribution >= 4 is 23.3 Å². The quantitative estimate of drug-likeness (QED) is 0.528. The van der Waals surface area contributed by atoms with E-state index >= 15 is 0 Å². The molecule has 0 heterocycles. The molecule has 0 radical (unpaired) electrons. The van der Waals surface area contributed by atoms with E-state index in [-0.39, 0.29) is 11.4 Å². The SMILES string of the molecule is COC(=O)/C(Nc1ccc(OC)cc1)=C(\Nc1ccc(OC)cc1)C(=O)OC. The van der Waals surface area contributed by atoms with Gasteiger partial charge in [-0.15, -0.1) is 0 Å². The van der Waals surface area contributed by atoms with Crippen LogP contribution in [0.25, 0.3) is 0 Å². The molecular formula is C20H22N2O6. The van der Waals surface area contributed by atoms with Crippen LogP contribution >= 0.6 is 0 Å². The predicted molar refractivity (Wildman–Crippen MR) is 104 cm³/mol. The Morgan fingerprint density at radius 2 is 0.929 bits per heavy atom. The predicted octanol–water partition coefficient (Wildman–Crippen LogP) is 2.79. The van der Waals surface area contributed by atoms with Crippen molar-refractivity contribution in [3.63, 3.8) is 0 Å². The van der Waals surface area contributed by atoms with Crippen LogP contribution in [0.3, 0.4) is 0 Å². The molecular weight excluding hydrogens is 364 g/mol. The molecule has 148 valence electrons. The summed E-state index contributed by atoms with van der Waals surface area (Å²) in [7, 11) is 5.55. The van der Waals surface area contributed by atoms with Crippen LogP contribution in [0.15, 0.2) is 59.9 Å². The molecule has 2 N–H and O–H groups in total. The van der Waals surface area contributed by atoms with Gasteiger partial charge in [0.2, 0.25) is 0 Å². The van der Waals surface area contributed by atoms with Crippen LogP contribution in [-0.2, 0) is 19.1 Å². The van der Waals surface area contributed by atoms with Crippen molar-refractivity contribution < 1.29 is 28.5 Å². The van der Waals surface area contributed by atoms with Gasteiger partial charge in [-0.3, -0.25) is 0 Å². The van der Waals surface area contributed by atoms with Gasteiger partial charge in [-0.25, -0.2) is 9.59 Å². The van der Waals surface area contributed by atoms with Gasteiger partial charge in [-0.05, 0) is 48.5 Å². The van der Waals surface area contributed by atoms with Crippen molar-refractivity contribution in [2.75, 3.05) is 39.1 Å². The molecule has 0 aliphatic carbocycles. The Balaban J connectivity index is 2.43. The smallest absolute Gasteiger partial charge is 0.356 e. The van der Waals surface area contributed by atoms with Crippen molar-refractivity contribution in [1.29, 1.82) is 0 Å². The molecule has 0 aliphatic heterocycles. The molecule has 0 atom stereocenters. The van der Waals surface area contributed by atoms with Gasteiger partial charge in [0.1, 0.15) is 11.5 Å². The fourth-order valence-electron chi connectivity index (χ4n) is 2.27. The average molecular weight is 386 g/mol. The molecule has 2 rings (SSSR count). The van der Waals surface area contributed by atoms with Gasteiger partial charge in [-0.1, -0.05) is 0 Å². The summed E-state index contributed by atoms with van der Waals surface area (Å²) in [6.07, 6.45) is 0. The normalized spacial score (nSPS) is 11.0. The number of carbonyl (C=O) groups excluding carboxylic acids is 2. The highest BCUT2D eigenvalue weighted by atomic mass is 16.5. The van der Waals surface area contributed by atoms with E-state index in [1.165, 1.54) is 14.2 Å². The Hall–Kier alpha value is -3.68. The van der Waals surface area contributed by atoms with Crippen LogP contribution in [0.5, 0.6) is 11.5 Å². The minimum atomic E-state index is -0.739. The van der Waals surface area contributed by atoms with E-state index in [1.54, 1.807) is 62.8 Å². The van der Waals surface area contributed by atoms with Crippen LogP contribution in [-0.4, -0.2) is 40.4 Å². The maximum Gasteiger partial charge on any atom is 0.356 e. The number of ether oxygens (including phenoxy) is 4. The Bertz CT molecular complexity index is 773. The average Bonchev–Trinajstić information content (AvgIpc) is 2.75. The fraction of sp³-hybridized carbons (Fsp3) is 0.200. The molecule has 0 unspecified atom stereocenters. The minimum absolute atomic E-state index is 0.102. The summed E-state index contributed by atoms with van der Waals surface area (Å²) < 4.78 is 19.9. The van der Waals surface area contributed by atoms with Gasteiger partial charge in [0.05, 0.1) is 28.4 Å². The fourth-order valence-corrected chi connectivity index (χ4v) is 2.27. The molecule has 2 aromatic rings. The van der Waals surface area contributed by atoms with Crippen LogP contribution in [0.4, 0.5) is 11.4 Å². The van der Waals surface area contributed by atoms with Gasteiger partial charge in [-0.2, -0.15) is 0 Å². The molecule has 0 saturated carbocycles. The van der Waals surface area contributed by atoms with Crippen LogP contribution in [0.2, 0.25) is 0 Å². The molecule has 0 spiro atoms. The van der Waals surface area contributed by atoms with E-state index in [4.69, 9.17) is 18.9 Å². The number of methoxy groups -OCH3 is 4. The first-order valence-electron chi connectivity index (χ1n) is 8.25. The van der Waals surface area contributed by atoms with Gasteiger partial charge in [0.25, 0.3) is 0 Å². The van der Waals surface area contributed by atoms with E-state index in [0.717, 1.165) is 0 Å². The van der Waals surface area contributed by atoms with Gasteiger partial charge in [0.15, 0.2) is 11.4 Å². The summed E-state index contributed by atoms with van der Waals surface area (Å²) in [6.45, 7) is 0. The maximum atomic E-state index is 12.4. The molecule has 2 aromatic carbocycles. The highest BCUT2D eigenvalue weighted by Gasteiger charge is 2.23. The second-order valence-corrected chi connectivity index (χ2v) is 5.44. The minimum Gasteiger partial charge on any atom is -0.497 e. The number of anilines is 2. The van der Waals surface area contributed by atoms with E-state index in [2.05, 4.69) is 10.6 Å². The Morgan fingerprint density at radius 1 is 0.607 bits per heavy atom. The number of rotatable bonds is 8. The molecule has 0 saturated heterocycles. The third kappa shape index (κ3) is 5.16.